The summed E-state index contributed by atoms with van der Waals surface area (Å²) >= 11 is 0. The summed E-state index contributed by atoms with van der Waals surface area (Å²) in [6.45, 7) is 4.17. The van der Waals surface area contributed by atoms with Crippen molar-refractivity contribution in [2.45, 2.75) is 20.4 Å². The van der Waals surface area contributed by atoms with Crippen LogP contribution in [0.3, 0.4) is 0 Å². The molecule has 0 fully saturated rings. The average molecular weight is 250 g/mol. The van der Waals surface area contributed by atoms with Crippen molar-refractivity contribution in [3.8, 4) is 0 Å². The van der Waals surface area contributed by atoms with Gasteiger partial charge in [-0.3, -0.25) is 9.78 Å². The first-order chi connectivity index (χ1) is 8.38. The van der Waals surface area contributed by atoms with Crippen molar-refractivity contribution in [3.63, 3.8) is 0 Å². The number of carbonyl (C=O) groups is 2. The minimum absolute atomic E-state index is 0.0433. The lowest BCUT2D eigenvalue weighted by Gasteiger charge is -2.13. The normalized spacial score (nSPS) is 9.94. The van der Waals surface area contributed by atoms with E-state index in [0.29, 0.717) is 6.54 Å². The van der Waals surface area contributed by atoms with Crippen LogP contribution in [-0.4, -0.2) is 35.4 Å². The molecule has 6 heteroatoms. The van der Waals surface area contributed by atoms with Crippen molar-refractivity contribution in [3.05, 3.63) is 29.1 Å². The Kier molecular flexibility index (Phi) is 4.65. The zero-order valence-corrected chi connectivity index (χ0v) is 10.9. The molecule has 0 saturated carbocycles. The predicted molar refractivity (Wildman–Crippen MR) is 67.8 cm³/mol. The van der Waals surface area contributed by atoms with E-state index in [-0.39, 0.29) is 12.5 Å². The van der Waals surface area contributed by atoms with Crippen molar-refractivity contribution >= 4 is 11.9 Å². The van der Waals surface area contributed by atoms with Gasteiger partial charge in [-0.15, -0.1) is 0 Å². The van der Waals surface area contributed by atoms with Gasteiger partial charge in [0.2, 0.25) is 5.91 Å². The monoisotopic (exact) mass is 250 g/mol. The molecule has 0 aliphatic heterocycles. The predicted octanol–water partition coefficient (Wildman–Crippen LogP) is 0.325. The van der Waals surface area contributed by atoms with Crippen LogP contribution in [0.1, 0.15) is 17.0 Å². The topological polar surface area (TPSA) is 88.3 Å². The molecule has 0 unspecified atom stereocenters. The standard InChI is InChI=1S/C12H18N4O2/c1-8-4-10(5-9(2)15-8)6-14-11(17)7-16(3)12(13)18/h4-5H,6-7H2,1-3H3,(H2,13,18)(H,14,17). The minimum Gasteiger partial charge on any atom is -0.351 e. The zero-order valence-electron chi connectivity index (χ0n) is 10.9. The summed E-state index contributed by atoms with van der Waals surface area (Å²) in [4.78, 5) is 27.7. The molecule has 3 N–H and O–H groups in total. The maximum absolute atomic E-state index is 11.5. The number of aryl methyl sites for hydroxylation is 2. The molecule has 1 heterocycles. The molecular weight excluding hydrogens is 232 g/mol. The van der Waals surface area contributed by atoms with E-state index < -0.39 is 6.03 Å². The molecule has 0 radical (unpaired) electrons. The van der Waals surface area contributed by atoms with Gasteiger partial charge in [0.05, 0.1) is 0 Å². The second-order valence-corrected chi connectivity index (χ2v) is 4.23. The first kappa shape index (κ1) is 14.0. The number of primary amides is 1. The molecule has 1 rings (SSSR count). The molecule has 98 valence electrons. The number of hydrogen-bond donors (Lipinski definition) is 2. The summed E-state index contributed by atoms with van der Waals surface area (Å²) in [6, 6.07) is 3.19. The van der Waals surface area contributed by atoms with Crippen molar-refractivity contribution in [2.24, 2.45) is 5.73 Å². The molecule has 0 aromatic carbocycles. The Labute approximate surface area is 106 Å². The van der Waals surface area contributed by atoms with Crippen molar-refractivity contribution < 1.29 is 9.59 Å². The summed E-state index contributed by atoms with van der Waals surface area (Å²) in [5, 5.41) is 2.72. The number of urea groups is 1. The number of nitrogens with zero attached hydrogens (tertiary/aromatic N) is 2. The second kappa shape index (κ2) is 6.00. The van der Waals surface area contributed by atoms with Gasteiger partial charge < -0.3 is 16.0 Å². The molecule has 0 spiro atoms. The van der Waals surface area contributed by atoms with Crippen molar-refractivity contribution in [1.82, 2.24) is 15.2 Å². The Balaban J connectivity index is 2.50. The third kappa shape index (κ3) is 4.40. The fourth-order valence-electron chi connectivity index (χ4n) is 1.57. The Hall–Kier alpha value is -2.11. The Morgan fingerprint density at radius 1 is 1.33 bits per heavy atom. The fourth-order valence-corrected chi connectivity index (χ4v) is 1.57. The Morgan fingerprint density at radius 2 is 1.89 bits per heavy atom. The highest BCUT2D eigenvalue weighted by Gasteiger charge is 2.09. The zero-order chi connectivity index (χ0) is 13.7. The Morgan fingerprint density at radius 3 is 2.39 bits per heavy atom. The van der Waals surface area contributed by atoms with Gasteiger partial charge in [0.15, 0.2) is 0 Å². The Bertz CT molecular complexity index is 439. The number of likely N-dealkylation sites (N-methyl/N-ethyl adjacent to an activating group) is 1. The first-order valence-electron chi connectivity index (χ1n) is 5.60. The van der Waals surface area contributed by atoms with E-state index in [1.165, 1.54) is 7.05 Å². The second-order valence-electron chi connectivity index (χ2n) is 4.23. The molecule has 0 bridgehead atoms. The highest BCUT2D eigenvalue weighted by Crippen LogP contribution is 2.04. The summed E-state index contributed by atoms with van der Waals surface area (Å²) in [5.41, 5.74) is 7.83. The third-order valence-corrected chi connectivity index (χ3v) is 2.39. The van der Waals surface area contributed by atoms with Gasteiger partial charge in [0.1, 0.15) is 6.54 Å². The largest absolute Gasteiger partial charge is 0.351 e. The molecule has 0 atom stereocenters. The maximum Gasteiger partial charge on any atom is 0.314 e. The highest BCUT2D eigenvalue weighted by molar-refractivity contribution is 5.83. The van der Waals surface area contributed by atoms with Gasteiger partial charge in [-0.25, -0.2) is 4.79 Å². The first-order valence-corrected chi connectivity index (χ1v) is 5.60. The molecule has 1 aromatic rings. The van der Waals surface area contributed by atoms with Crippen LogP contribution < -0.4 is 11.1 Å². The van der Waals surface area contributed by atoms with Crippen LogP contribution in [0, 0.1) is 13.8 Å². The van der Waals surface area contributed by atoms with Crippen LogP contribution in [-0.2, 0) is 11.3 Å². The van der Waals surface area contributed by atoms with Gasteiger partial charge in [-0.1, -0.05) is 0 Å². The lowest BCUT2D eigenvalue weighted by Crippen LogP contribution is -2.40. The number of nitrogens with one attached hydrogen (secondary N) is 1. The molecule has 1 aromatic heterocycles. The van der Waals surface area contributed by atoms with Crippen LogP contribution in [0.4, 0.5) is 4.79 Å². The van der Waals surface area contributed by atoms with Gasteiger partial charge in [0, 0.05) is 25.0 Å². The van der Waals surface area contributed by atoms with Crippen LogP contribution in [0.15, 0.2) is 12.1 Å². The van der Waals surface area contributed by atoms with E-state index in [4.69, 9.17) is 5.73 Å². The van der Waals surface area contributed by atoms with Gasteiger partial charge in [-0.05, 0) is 31.5 Å². The van der Waals surface area contributed by atoms with Crippen molar-refractivity contribution in [2.75, 3.05) is 13.6 Å². The number of aromatic nitrogens is 1. The molecular formula is C12H18N4O2. The molecule has 0 aliphatic rings. The number of pyridine rings is 1. The third-order valence-electron chi connectivity index (χ3n) is 2.39. The highest BCUT2D eigenvalue weighted by atomic mass is 16.2. The molecule has 3 amide bonds. The van der Waals surface area contributed by atoms with Gasteiger partial charge in [0.25, 0.3) is 0 Å². The van der Waals surface area contributed by atoms with Crippen LogP contribution >= 0.6 is 0 Å². The van der Waals surface area contributed by atoms with Crippen LogP contribution in [0.2, 0.25) is 0 Å². The minimum atomic E-state index is -0.624. The lowest BCUT2D eigenvalue weighted by molar-refractivity contribution is -0.121. The molecule has 6 nitrogen and oxygen atoms in total. The van der Waals surface area contributed by atoms with Crippen molar-refractivity contribution in [1.29, 1.82) is 0 Å². The van der Waals surface area contributed by atoms with Gasteiger partial charge >= 0.3 is 6.03 Å². The molecule has 0 saturated heterocycles. The summed E-state index contributed by atoms with van der Waals surface area (Å²) in [5.74, 6) is -0.247. The summed E-state index contributed by atoms with van der Waals surface area (Å²) in [7, 11) is 1.47. The number of rotatable bonds is 4. The van der Waals surface area contributed by atoms with E-state index >= 15 is 0 Å². The van der Waals surface area contributed by atoms with Crippen LogP contribution in [0.25, 0.3) is 0 Å². The SMILES string of the molecule is Cc1cc(CNC(=O)CN(C)C(N)=O)cc(C)n1. The number of amides is 3. The quantitative estimate of drug-likeness (QED) is 0.806. The number of hydrogen-bond acceptors (Lipinski definition) is 3. The van der Waals surface area contributed by atoms with Crippen LogP contribution in [0.5, 0.6) is 0 Å². The van der Waals surface area contributed by atoms with E-state index in [1.807, 2.05) is 26.0 Å². The van der Waals surface area contributed by atoms with E-state index in [2.05, 4.69) is 10.3 Å². The summed E-state index contributed by atoms with van der Waals surface area (Å²) in [6.07, 6.45) is 0. The fraction of sp³-hybridized carbons (Fsp3) is 0.417. The lowest BCUT2D eigenvalue weighted by atomic mass is 10.2. The smallest absolute Gasteiger partial charge is 0.314 e. The number of nitrogens with two attached hydrogens (primary N) is 1. The molecule has 18 heavy (non-hydrogen) atoms. The van der Waals surface area contributed by atoms with E-state index in [1.54, 1.807) is 0 Å². The molecule has 0 aliphatic carbocycles. The average Bonchev–Trinajstić information content (AvgIpc) is 2.25. The number of carbonyl (C=O) groups excluding carboxylic acids is 2. The maximum atomic E-state index is 11.5. The van der Waals surface area contributed by atoms with E-state index in [9.17, 15) is 9.59 Å². The van der Waals surface area contributed by atoms with Gasteiger partial charge in [-0.2, -0.15) is 0 Å². The van der Waals surface area contributed by atoms with E-state index in [0.717, 1.165) is 21.9 Å². The summed E-state index contributed by atoms with van der Waals surface area (Å²) < 4.78 is 0.